The molecule has 0 aliphatic rings. The van der Waals surface area contributed by atoms with E-state index in [1.165, 1.54) is 11.1 Å². The Balaban J connectivity index is 2.56. The van der Waals surface area contributed by atoms with E-state index < -0.39 is 5.97 Å². The molecule has 1 N–H and O–H groups in total. The number of carbonyl (C=O) groups is 1. The maximum atomic E-state index is 10.8. The van der Waals surface area contributed by atoms with Gasteiger partial charge in [0.15, 0.2) is 0 Å². The number of hydrogen-bond donors (Lipinski definition) is 1. The van der Waals surface area contributed by atoms with Crippen LogP contribution in [0, 0.1) is 0 Å². The van der Waals surface area contributed by atoms with E-state index >= 15 is 0 Å². The molecule has 0 saturated heterocycles. The maximum absolute atomic E-state index is 10.8. The number of aliphatic carboxylic acids is 1. The van der Waals surface area contributed by atoms with Gasteiger partial charge in [0.1, 0.15) is 0 Å². The average molecular weight is 263 g/mol. The zero-order valence-corrected chi connectivity index (χ0v) is 12.4. The lowest BCUT2D eigenvalue weighted by atomic mass is 10.0. The van der Waals surface area contributed by atoms with Gasteiger partial charge in [0.2, 0.25) is 0 Å². The second-order valence-corrected chi connectivity index (χ2v) is 5.60. The molecule has 106 valence electrons. The van der Waals surface area contributed by atoms with Gasteiger partial charge in [0, 0.05) is 12.6 Å². The van der Waals surface area contributed by atoms with Crippen molar-refractivity contribution in [1.82, 2.24) is 4.90 Å². The highest BCUT2D eigenvalue weighted by atomic mass is 16.4. The van der Waals surface area contributed by atoms with E-state index in [-0.39, 0.29) is 12.6 Å². The highest BCUT2D eigenvalue weighted by Crippen LogP contribution is 2.15. The van der Waals surface area contributed by atoms with Crippen LogP contribution in [0.3, 0.4) is 0 Å². The molecule has 0 fully saturated rings. The van der Waals surface area contributed by atoms with Crippen molar-refractivity contribution in [3.05, 3.63) is 35.4 Å². The molecule has 0 radical (unpaired) electrons. The highest BCUT2D eigenvalue weighted by Gasteiger charge is 2.12. The van der Waals surface area contributed by atoms with Crippen molar-refractivity contribution in [1.29, 1.82) is 0 Å². The van der Waals surface area contributed by atoms with Gasteiger partial charge in [0.05, 0.1) is 6.54 Å². The second kappa shape index (κ2) is 7.29. The smallest absolute Gasteiger partial charge is 0.317 e. The Labute approximate surface area is 116 Å². The Hall–Kier alpha value is -1.35. The minimum atomic E-state index is -0.760. The molecule has 1 rings (SSSR count). The number of carboxylic acid groups (broad SMARTS) is 1. The first-order chi connectivity index (χ1) is 8.90. The predicted octanol–water partition coefficient (Wildman–Crippen LogP) is 3.15. The normalized spacial score (nSPS) is 11.5. The predicted molar refractivity (Wildman–Crippen MR) is 78.6 cm³/mol. The molecule has 0 spiro atoms. The molecule has 3 nitrogen and oxygen atoms in total. The van der Waals surface area contributed by atoms with Crippen LogP contribution in [-0.2, 0) is 11.2 Å². The van der Waals surface area contributed by atoms with E-state index in [1.54, 1.807) is 0 Å². The summed E-state index contributed by atoms with van der Waals surface area (Å²) in [6.45, 7) is 9.33. The molecule has 0 bridgehead atoms. The van der Waals surface area contributed by atoms with Crippen LogP contribution >= 0.6 is 0 Å². The zero-order valence-electron chi connectivity index (χ0n) is 12.4. The molecule has 0 aromatic heterocycles. The molecular weight excluding hydrogens is 238 g/mol. The van der Waals surface area contributed by atoms with E-state index in [9.17, 15) is 4.79 Å². The minimum absolute atomic E-state index is 0.113. The van der Waals surface area contributed by atoms with Gasteiger partial charge in [-0.1, -0.05) is 38.1 Å². The fourth-order valence-corrected chi connectivity index (χ4v) is 2.04. The van der Waals surface area contributed by atoms with Crippen LogP contribution in [0.25, 0.3) is 0 Å². The summed E-state index contributed by atoms with van der Waals surface area (Å²) in [7, 11) is 0. The quantitative estimate of drug-likeness (QED) is 0.821. The van der Waals surface area contributed by atoms with Crippen molar-refractivity contribution in [2.24, 2.45) is 0 Å². The minimum Gasteiger partial charge on any atom is -0.480 e. The van der Waals surface area contributed by atoms with E-state index in [1.807, 2.05) is 18.7 Å². The number of benzene rings is 1. The highest BCUT2D eigenvalue weighted by molar-refractivity contribution is 5.69. The monoisotopic (exact) mass is 263 g/mol. The molecular formula is C16H25NO2. The van der Waals surface area contributed by atoms with E-state index in [4.69, 9.17) is 5.11 Å². The summed E-state index contributed by atoms with van der Waals surface area (Å²) < 4.78 is 0. The molecule has 0 saturated carbocycles. The van der Waals surface area contributed by atoms with Crippen molar-refractivity contribution < 1.29 is 9.90 Å². The molecule has 0 aliphatic heterocycles. The third-order valence-corrected chi connectivity index (χ3v) is 3.40. The first-order valence-electron chi connectivity index (χ1n) is 6.94. The maximum Gasteiger partial charge on any atom is 0.317 e. The fraction of sp³-hybridized carbons (Fsp3) is 0.562. The lowest BCUT2D eigenvalue weighted by molar-refractivity contribution is -0.138. The van der Waals surface area contributed by atoms with Gasteiger partial charge in [-0.2, -0.15) is 0 Å². The van der Waals surface area contributed by atoms with Gasteiger partial charge < -0.3 is 5.11 Å². The number of rotatable bonds is 7. The van der Waals surface area contributed by atoms with Crippen LogP contribution in [-0.4, -0.2) is 35.1 Å². The van der Waals surface area contributed by atoms with Gasteiger partial charge in [0.25, 0.3) is 0 Å². The van der Waals surface area contributed by atoms with Crippen LogP contribution in [0.1, 0.15) is 44.7 Å². The summed E-state index contributed by atoms with van der Waals surface area (Å²) in [5.74, 6) is -0.211. The van der Waals surface area contributed by atoms with Crippen LogP contribution in [0.15, 0.2) is 24.3 Å². The van der Waals surface area contributed by atoms with Gasteiger partial charge in [-0.3, -0.25) is 9.69 Å². The fourth-order valence-electron chi connectivity index (χ4n) is 2.04. The largest absolute Gasteiger partial charge is 0.480 e. The average Bonchev–Trinajstić information content (AvgIpc) is 2.34. The van der Waals surface area contributed by atoms with Crippen molar-refractivity contribution in [2.45, 2.75) is 46.1 Å². The van der Waals surface area contributed by atoms with Crippen LogP contribution in [0.2, 0.25) is 0 Å². The van der Waals surface area contributed by atoms with Gasteiger partial charge in [-0.15, -0.1) is 0 Å². The zero-order chi connectivity index (χ0) is 14.4. The molecule has 0 aliphatic carbocycles. The third-order valence-electron chi connectivity index (χ3n) is 3.40. The van der Waals surface area contributed by atoms with E-state index in [0.29, 0.717) is 5.92 Å². The van der Waals surface area contributed by atoms with Crippen LogP contribution < -0.4 is 0 Å². The summed E-state index contributed by atoms with van der Waals surface area (Å²) >= 11 is 0. The summed E-state index contributed by atoms with van der Waals surface area (Å²) in [6.07, 6.45) is 0.893. The van der Waals surface area contributed by atoms with Crippen molar-refractivity contribution in [3.63, 3.8) is 0 Å². The van der Waals surface area contributed by atoms with Gasteiger partial charge in [-0.25, -0.2) is 0 Å². The molecule has 0 unspecified atom stereocenters. The Bertz CT molecular complexity index is 396. The van der Waals surface area contributed by atoms with E-state index in [0.717, 1.165) is 13.0 Å². The standard InChI is InChI=1S/C16H25NO2/c1-12(2)15-7-5-14(6-8-15)9-10-17(13(3)4)11-16(18)19/h5-8,12-13H,9-11H2,1-4H3,(H,18,19). The molecule has 0 heterocycles. The van der Waals surface area contributed by atoms with Crippen molar-refractivity contribution >= 4 is 5.97 Å². The Morgan fingerprint density at radius 3 is 2.16 bits per heavy atom. The summed E-state index contributed by atoms with van der Waals surface area (Å²) in [4.78, 5) is 12.8. The summed E-state index contributed by atoms with van der Waals surface area (Å²) in [5, 5.41) is 8.89. The number of hydrogen-bond acceptors (Lipinski definition) is 2. The Kier molecular flexibility index (Phi) is 6.03. The SMILES string of the molecule is CC(C)c1ccc(CCN(CC(=O)O)C(C)C)cc1. The molecule has 0 atom stereocenters. The first-order valence-corrected chi connectivity index (χ1v) is 6.94. The van der Waals surface area contributed by atoms with Crippen molar-refractivity contribution in [2.75, 3.05) is 13.1 Å². The summed E-state index contributed by atoms with van der Waals surface area (Å²) in [5.41, 5.74) is 2.61. The van der Waals surface area contributed by atoms with Gasteiger partial charge in [-0.05, 0) is 37.3 Å². The second-order valence-electron chi connectivity index (χ2n) is 5.60. The van der Waals surface area contributed by atoms with Crippen LogP contribution in [0.5, 0.6) is 0 Å². The molecule has 19 heavy (non-hydrogen) atoms. The Morgan fingerprint density at radius 1 is 1.16 bits per heavy atom. The topological polar surface area (TPSA) is 40.5 Å². The molecule has 0 amide bonds. The Morgan fingerprint density at radius 2 is 1.74 bits per heavy atom. The number of carboxylic acids is 1. The molecule has 1 aromatic carbocycles. The van der Waals surface area contributed by atoms with Crippen molar-refractivity contribution in [3.8, 4) is 0 Å². The lowest BCUT2D eigenvalue weighted by Gasteiger charge is -2.24. The van der Waals surface area contributed by atoms with Gasteiger partial charge >= 0.3 is 5.97 Å². The van der Waals surface area contributed by atoms with E-state index in [2.05, 4.69) is 38.1 Å². The first kappa shape index (κ1) is 15.7. The number of nitrogens with zero attached hydrogens (tertiary/aromatic N) is 1. The third kappa shape index (κ3) is 5.43. The summed E-state index contributed by atoms with van der Waals surface area (Å²) in [6, 6.07) is 8.88. The lowest BCUT2D eigenvalue weighted by Crippen LogP contribution is -2.37. The molecule has 3 heteroatoms. The van der Waals surface area contributed by atoms with Crippen LogP contribution in [0.4, 0.5) is 0 Å². The molecule has 1 aromatic rings.